The molecule has 1 saturated carbocycles. The molecular formula is C11H16N2O2S. The van der Waals surface area contributed by atoms with Gasteiger partial charge in [0.2, 0.25) is 0 Å². The molecule has 2 N–H and O–H groups in total. The minimum Gasteiger partial charge on any atom is -0.464 e. The second kappa shape index (κ2) is 4.14. The zero-order chi connectivity index (χ0) is 11.8. The third kappa shape index (κ3) is 1.85. The Balaban J connectivity index is 2.33. The van der Waals surface area contributed by atoms with Gasteiger partial charge in [0.05, 0.1) is 12.6 Å². The summed E-state index contributed by atoms with van der Waals surface area (Å²) in [5.41, 5.74) is 6.40. The molecule has 1 aliphatic rings. The van der Waals surface area contributed by atoms with Gasteiger partial charge in [-0.3, -0.25) is 0 Å². The summed E-state index contributed by atoms with van der Waals surface area (Å²) in [7, 11) is 1.37. The molecule has 88 valence electrons. The van der Waals surface area contributed by atoms with Crippen molar-refractivity contribution in [3.63, 3.8) is 0 Å². The van der Waals surface area contributed by atoms with Crippen LogP contribution in [-0.2, 0) is 10.3 Å². The molecule has 0 bridgehead atoms. The Labute approximate surface area is 98.8 Å². The molecule has 1 aromatic rings. The SMILES string of the molecule is COC(=O)c1nc(C2(N)CCCC2)sc1C. The van der Waals surface area contributed by atoms with Crippen LogP contribution in [0.25, 0.3) is 0 Å². The summed E-state index contributed by atoms with van der Waals surface area (Å²) >= 11 is 1.52. The number of aryl methyl sites for hydroxylation is 1. The van der Waals surface area contributed by atoms with Crippen molar-refractivity contribution in [3.05, 3.63) is 15.6 Å². The summed E-state index contributed by atoms with van der Waals surface area (Å²) in [6, 6.07) is 0. The predicted octanol–water partition coefficient (Wildman–Crippen LogP) is 1.97. The summed E-state index contributed by atoms with van der Waals surface area (Å²) < 4.78 is 4.69. The summed E-state index contributed by atoms with van der Waals surface area (Å²) in [6.45, 7) is 1.88. The number of rotatable bonds is 2. The van der Waals surface area contributed by atoms with Crippen LogP contribution in [0.3, 0.4) is 0 Å². The van der Waals surface area contributed by atoms with Crippen LogP contribution >= 0.6 is 11.3 Å². The van der Waals surface area contributed by atoms with E-state index in [1.165, 1.54) is 18.4 Å². The standard InChI is InChI=1S/C11H16N2O2S/c1-7-8(9(14)15-2)13-10(16-7)11(12)5-3-4-6-11/h3-6,12H2,1-2H3. The fourth-order valence-corrected chi connectivity index (χ4v) is 3.18. The van der Waals surface area contributed by atoms with Gasteiger partial charge in [-0.1, -0.05) is 12.8 Å². The second-order valence-corrected chi connectivity index (χ2v) is 5.48. The summed E-state index contributed by atoms with van der Waals surface area (Å²) in [5.74, 6) is -0.374. The Morgan fingerprint density at radius 1 is 1.50 bits per heavy atom. The minimum atomic E-state index is -0.374. The lowest BCUT2D eigenvalue weighted by Crippen LogP contribution is -2.33. The monoisotopic (exact) mass is 240 g/mol. The number of hydrogen-bond acceptors (Lipinski definition) is 5. The van der Waals surface area contributed by atoms with Gasteiger partial charge in [0, 0.05) is 4.88 Å². The van der Waals surface area contributed by atoms with Crippen molar-refractivity contribution in [2.75, 3.05) is 7.11 Å². The van der Waals surface area contributed by atoms with E-state index >= 15 is 0 Å². The zero-order valence-electron chi connectivity index (χ0n) is 9.58. The third-order valence-electron chi connectivity index (χ3n) is 3.10. The number of thiazole rings is 1. The van der Waals surface area contributed by atoms with Crippen LogP contribution in [0.15, 0.2) is 0 Å². The van der Waals surface area contributed by atoms with E-state index in [4.69, 9.17) is 10.5 Å². The highest BCUT2D eigenvalue weighted by Crippen LogP contribution is 2.38. The number of hydrogen-bond donors (Lipinski definition) is 1. The van der Waals surface area contributed by atoms with E-state index in [0.29, 0.717) is 5.69 Å². The van der Waals surface area contributed by atoms with Crippen molar-refractivity contribution in [1.29, 1.82) is 0 Å². The van der Waals surface area contributed by atoms with Crippen LogP contribution in [0.1, 0.15) is 46.1 Å². The van der Waals surface area contributed by atoms with E-state index in [1.54, 1.807) is 0 Å². The third-order valence-corrected chi connectivity index (χ3v) is 4.29. The van der Waals surface area contributed by atoms with Crippen molar-refractivity contribution in [2.24, 2.45) is 5.73 Å². The molecule has 1 aliphatic carbocycles. The maximum atomic E-state index is 11.4. The Morgan fingerprint density at radius 2 is 2.12 bits per heavy atom. The zero-order valence-corrected chi connectivity index (χ0v) is 10.4. The number of esters is 1. The van der Waals surface area contributed by atoms with Crippen molar-refractivity contribution < 1.29 is 9.53 Å². The first kappa shape index (κ1) is 11.5. The Morgan fingerprint density at radius 3 is 2.69 bits per heavy atom. The van der Waals surface area contributed by atoms with Gasteiger partial charge in [0.15, 0.2) is 5.69 Å². The van der Waals surface area contributed by atoms with Crippen LogP contribution in [0, 0.1) is 6.92 Å². The highest BCUT2D eigenvalue weighted by atomic mass is 32.1. The molecule has 2 rings (SSSR count). The van der Waals surface area contributed by atoms with E-state index in [0.717, 1.165) is 35.6 Å². The molecule has 0 saturated heterocycles. The first-order valence-corrected chi connectivity index (χ1v) is 6.23. The molecule has 0 aromatic carbocycles. The first-order chi connectivity index (χ1) is 7.57. The number of carbonyl (C=O) groups excluding carboxylic acids is 1. The number of aromatic nitrogens is 1. The average Bonchev–Trinajstić information content (AvgIpc) is 2.85. The molecule has 0 aliphatic heterocycles. The minimum absolute atomic E-state index is 0.318. The molecule has 1 fully saturated rings. The summed E-state index contributed by atoms with van der Waals surface area (Å²) in [5, 5.41) is 0.878. The molecule has 1 aromatic heterocycles. The second-order valence-electron chi connectivity index (χ2n) is 4.28. The van der Waals surface area contributed by atoms with Crippen molar-refractivity contribution in [2.45, 2.75) is 38.1 Å². The molecule has 5 heteroatoms. The van der Waals surface area contributed by atoms with Gasteiger partial charge in [-0.05, 0) is 19.8 Å². The smallest absolute Gasteiger partial charge is 0.357 e. The quantitative estimate of drug-likeness (QED) is 0.803. The molecule has 0 unspecified atom stereocenters. The molecule has 4 nitrogen and oxygen atoms in total. The summed E-state index contributed by atoms with van der Waals surface area (Å²) in [6.07, 6.45) is 4.20. The topological polar surface area (TPSA) is 65.2 Å². The van der Waals surface area contributed by atoms with Crippen LogP contribution in [0.4, 0.5) is 0 Å². The maximum absolute atomic E-state index is 11.4. The fourth-order valence-electron chi connectivity index (χ4n) is 2.12. The molecule has 0 spiro atoms. The largest absolute Gasteiger partial charge is 0.464 e. The summed E-state index contributed by atoms with van der Waals surface area (Å²) in [4.78, 5) is 16.7. The van der Waals surface area contributed by atoms with Crippen LogP contribution in [0.5, 0.6) is 0 Å². The molecule has 0 amide bonds. The van der Waals surface area contributed by atoms with Gasteiger partial charge in [-0.2, -0.15) is 0 Å². The van der Waals surface area contributed by atoms with E-state index < -0.39 is 0 Å². The van der Waals surface area contributed by atoms with E-state index in [1.807, 2.05) is 6.92 Å². The number of methoxy groups -OCH3 is 1. The highest BCUT2D eigenvalue weighted by molar-refractivity contribution is 7.12. The van der Waals surface area contributed by atoms with Crippen LogP contribution in [0.2, 0.25) is 0 Å². The van der Waals surface area contributed by atoms with Crippen molar-refractivity contribution in [3.8, 4) is 0 Å². The van der Waals surface area contributed by atoms with E-state index in [-0.39, 0.29) is 11.5 Å². The lowest BCUT2D eigenvalue weighted by atomic mass is 10.0. The first-order valence-electron chi connectivity index (χ1n) is 5.42. The number of ether oxygens (including phenoxy) is 1. The van der Waals surface area contributed by atoms with E-state index in [9.17, 15) is 4.79 Å². The van der Waals surface area contributed by atoms with Crippen LogP contribution in [-0.4, -0.2) is 18.1 Å². The van der Waals surface area contributed by atoms with Crippen molar-refractivity contribution >= 4 is 17.3 Å². The lowest BCUT2D eigenvalue weighted by molar-refractivity contribution is 0.0593. The lowest BCUT2D eigenvalue weighted by Gasteiger charge is -2.19. The maximum Gasteiger partial charge on any atom is 0.357 e. The molecule has 16 heavy (non-hydrogen) atoms. The van der Waals surface area contributed by atoms with Crippen molar-refractivity contribution in [1.82, 2.24) is 4.98 Å². The Hall–Kier alpha value is -0.940. The van der Waals surface area contributed by atoms with Gasteiger partial charge >= 0.3 is 5.97 Å². The highest BCUT2D eigenvalue weighted by Gasteiger charge is 2.35. The van der Waals surface area contributed by atoms with Gasteiger partial charge in [-0.25, -0.2) is 9.78 Å². The van der Waals surface area contributed by atoms with Gasteiger partial charge in [-0.15, -0.1) is 11.3 Å². The molecule has 0 radical (unpaired) electrons. The fraction of sp³-hybridized carbons (Fsp3) is 0.636. The number of nitrogens with zero attached hydrogens (tertiary/aromatic N) is 1. The Bertz CT molecular complexity index is 408. The van der Waals surface area contributed by atoms with Crippen LogP contribution < -0.4 is 5.73 Å². The molecule has 1 heterocycles. The van der Waals surface area contributed by atoms with E-state index in [2.05, 4.69) is 4.98 Å². The predicted molar refractivity (Wildman–Crippen MR) is 62.5 cm³/mol. The van der Waals surface area contributed by atoms with Gasteiger partial charge in [0.1, 0.15) is 5.01 Å². The molecular weight excluding hydrogens is 224 g/mol. The van der Waals surface area contributed by atoms with Gasteiger partial charge in [0.25, 0.3) is 0 Å². The van der Waals surface area contributed by atoms with Gasteiger partial charge < -0.3 is 10.5 Å². The molecule has 0 atom stereocenters. The number of nitrogens with two attached hydrogens (primary N) is 1. The normalized spacial score (nSPS) is 18.7. The number of carbonyl (C=O) groups is 1. The Kier molecular flexibility index (Phi) is 2.99. The average molecular weight is 240 g/mol.